The average Bonchev–Trinajstić information content (AvgIpc) is 3.40. The van der Waals surface area contributed by atoms with Crippen molar-refractivity contribution in [2.24, 2.45) is 15.7 Å². The van der Waals surface area contributed by atoms with E-state index in [1.165, 1.54) is 17.2 Å². The van der Waals surface area contributed by atoms with Crippen LogP contribution in [0.1, 0.15) is 87.9 Å². The SMILES string of the molecule is CC.CC=N/C(CCC)=C1/C=NC(CN)/C1=C\CC.CCc1cccc(NC(=O)c2cc(C(F)(F)F)cc(C(F)(F)F)c2)c1. The number of nitrogens with one attached hydrogen (secondary N) is 1. The summed E-state index contributed by atoms with van der Waals surface area (Å²) in [6.07, 6.45) is -0.236. The van der Waals surface area contributed by atoms with E-state index in [0.29, 0.717) is 25.1 Å². The molecule has 1 heterocycles. The summed E-state index contributed by atoms with van der Waals surface area (Å²) in [7, 11) is 0. The molecule has 44 heavy (non-hydrogen) atoms. The molecule has 0 aromatic heterocycles. The van der Waals surface area contributed by atoms with Gasteiger partial charge >= 0.3 is 12.4 Å². The van der Waals surface area contributed by atoms with Crippen LogP contribution in [0, 0.1) is 0 Å². The molecule has 1 atom stereocenters. The Bertz CT molecular complexity index is 1310. The second kappa shape index (κ2) is 18.2. The molecule has 0 saturated carbocycles. The summed E-state index contributed by atoms with van der Waals surface area (Å²) in [5.41, 5.74) is 6.68. The minimum absolute atomic E-state index is 0.0194. The van der Waals surface area contributed by atoms with Gasteiger partial charge in [-0.2, -0.15) is 26.3 Å². The van der Waals surface area contributed by atoms with Crippen molar-refractivity contribution in [3.8, 4) is 0 Å². The zero-order chi connectivity index (χ0) is 33.5. The van der Waals surface area contributed by atoms with Gasteiger partial charge in [-0.25, -0.2) is 0 Å². The highest BCUT2D eigenvalue weighted by molar-refractivity contribution is 6.04. The number of carbonyl (C=O) groups is 1. The van der Waals surface area contributed by atoms with Crippen molar-refractivity contribution in [3.63, 3.8) is 0 Å². The van der Waals surface area contributed by atoms with Gasteiger partial charge in [-0.05, 0) is 67.7 Å². The average molecular weight is 625 g/mol. The number of aryl methyl sites for hydroxylation is 1. The topological polar surface area (TPSA) is 79.8 Å². The molecular formula is C33H42F6N4O. The number of amides is 1. The number of alkyl halides is 6. The number of aliphatic imine (C=N–C) groups is 2. The highest BCUT2D eigenvalue weighted by Crippen LogP contribution is 2.36. The van der Waals surface area contributed by atoms with Crippen LogP contribution in [0.4, 0.5) is 32.0 Å². The maximum Gasteiger partial charge on any atom is 0.416 e. The van der Waals surface area contributed by atoms with Gasteiger partial charge in [-0.1, -0.05) is 59.2 Å². The van der Waals surface area contributed by atoms with E-state index >= 15 is 0 Å². The first-order valence-corrected chi connectivity index (χ1v) is 14.6. The summed E-state index contributed by atoms with van der Waals surface area (Å²) in [5.74, 6) is -1.05. The Morgan fingerprint density at radius 2 is 1.61 bits per heavy atom. The molecule has 1 amide bonds. The van der Waals surface area contributed by atoms with Gasteiger partial charge in [0.25, 0.3) is 5.91 Å². The van der Waals surface area contributed by atoms with Gasteiger partial charge in [0.2, 0.25) is 0 Å². The second-order valence-corrected chi connectivity index (χ2v) is 9.40. The third-order valence-electron chi connectivity index (χ3n) is 6.23. The summed E-state index contributed by atoms with van der Waals surface area (Å²) in [6.45, 7) is 12.7. The minimum atomic E-state index is -5.00. The normalized spacial score (nSPS) is 16.8. The molecule has 0 bridgehead atoms. The molecule has 0 fully saturated rings. The molecule has 0 aliphatic carbocycles. The van der Waals surface area contributed by atoms with Crippen molar-refractivity contribution in [2.45, 2.75) is 85.6 Å². The lowest BCUT2D eigenvalue weighted by Crippen LogP contribution is -2.18. The predicted octanol–water partition coefficient (Wildman–Crippen LogP) is 9.44. The van der Waals surface area contributed by atoms with E-state index in [4.69, 9.17) is 5.73 Å². The lowest BCUT2D eigenvalue weighted by atomic mass is 9.98. The van der Waals surface area contributed by atoms with Gasteiger partial charge in [0.15, 0.2) is 0 Å². The Morgan fingerprint density at radius 3 is 2.09 bits per heavy atom. The van der Waals surface area contributed by atoms with Crippen molar-refractivity contribution >= 4 is 24.0 Å². The summed E-state index contributed by atoms with van der Waals surface area (Å²) >= 11 is 0. The van der Waals surface area contributed by atoms with E-state index in [0.717, 1.165) is 30.5 Å². The van der Waals surface area contributed by atoms with Crippen LogP contribution in [0.15, 0.2) is 75.4 Å². The molecule has 2 aromatic rings. The zero-order valence-corrected chi connectivity index (χ0v) is 26.0. The summed E-state index contributed by atoms with van der Waals surface area (Å²) in [6, 6.07) is 7.40. The van der Waals surface area contributed by atoms with Crippen LogP contribution in [-0.4, -0.2) is 30.9 Å². The number of anilines is 1. The maximum absolute atomic E-state index is 12.8. The monoisotopic (exact) mass is 624 g/mol. The predicted molar refractivity (Wildman–Crippen MR) is 167 cm³/mol. The third kappa shape index (κ3) is 11.4. The summed E-state index contributed by atoms with van der Waals surface area (Å²) < 4.78 is 77.0. The zero-order valence-electron chi connectivity index (χ0n) is 26.0. The lowest BCUT2D eigenvalue weighted by molar-refractivity contribution is -0.143. The molecule has 5 nitrogen and oxygen atoms in total. The summed E-state index contributed by atoms with van der Waals surface area (Å²) in [4.78, 5) is 21.1. The third-order valence-corrected chi connectivity index (χ3v) is 6.23. The Labute approximate surface area is 256 Å². The quantitative estimate of drug-likeness (QED) is 0.227. The lowest BCUT2D eigenvalue weighted by Gasteiger charge is -2.14. The largest absolute Gasteiger partial charge is 0.416 e. The van der Waals surface area contributed by atoms with Crippen LogP contribution in [0.25, 0.3) is 0 Å². The van der Waals surface area contributed by atoms with Crippen LogP contribution in [-0.2, 0) is 18.8 Å². The highest BCUT2D eigenvalue weighted by Gasteiger charge is 2.37. The Kier molecular flexibility index (Phi) is 15.8. The molecule has 0 radical (unpaired) electrons. The first-order chi connectivity index (χ1) is 20.8. The van der Waals surface area contributed by atoms with E-state index in [1.54, 1.807) is 18.2 Å². The summed E-state index contributed by atoms with van der Waals surface area (Å²) in [5, 5.41) is 2.32. The van der Waals surface area contributed by atoms with Crippen LogP contribution < -0.4 is 11.1 Å². The number of halogens is 6. The van der Waals surface area contributed by atoms with Crippen LogP contribution >= 0.6 is 0 Å². The smallest absolute Gasteiger partial charge is 0.328 e. The number of nitrogens with two attached hydrogens (primary N) is 1. The fourth-order valence-corrected chi connectivity index (χ4v) is 4.21. The van der Waals surface area contributed by atoms with E-state index in [9.17, 15) is 31.1 Å². The Hall–Kier alpha value is -3.73. The fourth-order valence-electron chi connectivity index (χ4n) is 4.21. The molecule has 3 N–H and O–H groups in total. The van der Waals surface area contributed by atoms with E-state index in [2.05, 4.69) is 35.2 Å². The number of carbonyl (C=O) groups excluding carboxylic acids is 1. The second-order valence-electron chi connectivity index (χ2n) is 9.40. The Morgan fingerprint density at radius 1 is 1.00 bits per heavy atom. The standard InChI is InChI=1S/C17H13F6NO.C14H23N3.C2H6/c1-2-10-4-3-5-14(6-10)24-15(25)11-7-12(16(18,19)20)9-13(8-11)17(21,22)23;1-4-7-11-12(10-17-14(11)9-15)13(8-5-2)16-6-3;1-2/h3-9H,2H2,1H3,(H,24,25);6-7,10,14H,4-5,8-9,15H2,1-3H3;1-2H3/b;11-7-,13-12-,16-6?;. The fraction of sp³-hybridized carbons (Fsp3) is 0.424. The highest BCUT2D eigenvalue weighted by atomic mass is 19.4. The number of allylic oxidation sites excluding steroid dienone is 2. The van der Waals surface area contributed by atoms with Crippen molar-refractivity contribution in [3.05, 3.63) is 87.6 Å². The number of hydrogen-bond acceptors (Lipinski definition) is 4. The van der Waals surface area contributed by atoms with E-state index in [1.807, 2.05) is 40.1 Å². The van der Waals surface area contributed by atoms with Crippen LogP contribution in [0.2, 0.25) is 0 Å². The first kappa shape index (κ1) is 38.3. The van der Waals surface area contributed by atoms with Gasteiger partial charge in [0, 0.05) is 41.5 Å². The molecule has 11 heteroatoms. The number of benzene rings is 2. The van der Waals surface area contributed by atoms with E-state index in [-0.39, 0.29) is 17.8 Å². The minimum Gasteiger partial charge on any atom is -0.328 e. The number of nitrogens with zero attached hydrogens (tertiary/aromatic N) is 2. The molecular weight excluding hydrogens is 582 g/mol. The van der Waals surface area contributed by atoms with Gasteiger partial charge in [0.1, 0.15) is 0 Å². The van der Waals surface area contributed by atoms with Gasteiger partial charge < -0.3 is 11.1 Å². The molecule has 1 unspecified atom stereocenters. The molecule has 1 aliphatic heterocycles. The van der Waals surface area contributed by atoms with E-state index < -0.39 is 35.0 Å². The number of hydrogen-bond donors (Lipinski definition) is 2. The van der Waals surface area contributed by atoms with Crippen molar-refractivity contribution in [1.29, 1.82) is 0 Å². The molecule has 0 spiro atoms. The van der Waals surface area contributed by atoms with Crippen LogP contribution in [0.5, 0.6) is 0 Å². The molecule has 2 aromatic carbocycles. The maximum atomic E-state index is 12.8. The molecule has 0 saturated heterocycles. The van der Waals surface area contributed by atoms with Crippen molar-refractivity contribution < 1.29 is 31.1 Å². The molecule has 242 valence electrons. The molecule has 1 aliphatic rings. The Balaban J connectivity index is 0.000000445. The van der Waals surface area contributed by atoms with Crippen molar-refractivity contribution in [2.75, 3.05) is 11.9 Å². The van der Waals surface area contributed by atoms with Gasteiger partial charge in [-0.3, -0.25) is 14.8 Å². The van der Waals surface area contributed by atoms with Gasteiger partial charge in [-0.15, -0.1) is 0 Å². The first-order valence-electron chi connectivity index (χ1n) is 14.6. The van der Waals surface area contributed by atoms with Gasteiger partial charge in [0.05, 0.1) is 17.2 Å². The van der Waals surface area contributed by atoms with Crippen LogP contribution in [0.3, 0.4) is 0 Å². The molecule has 3 rings (SSSR count). The number of rotatable bonds is 8. The van der Waals surface area contributed by atoms with Crippen molar-refractivity contribution in [1.82, 2.24) is 0 Å².